The van der Waals surface area contributed by atoms with Crippen molar-refractivity contribution >= 4 is 64.2 Å². The number of hydrogen-bond acceptors (Lipinski definition) is 3. The van der Waals surface area contributed by atoms with Gasteiger partial charge in [-0.15, -0.1) is 11.3 Å². The Hall–Kier alpha value is -7.66. The van der Waals surface area contributed by atoms with Crippen molar-refractivity contribution in [2.24, 2.45) is 0 Å². The fourth-order valence-electron chi connectivity index (χ4n) is 8.95. The molecule has 0 aliphatic heterocycles. The van der Waals surface area contributed by atoms with E-state index in [0.717, 1.165) is 66.2 Å². The second-order valence-electron chi connectivity index (χ2n) is 15.4. The second-order valence-corrected chi connectivity index (χ2v) is 16.4. The van der Waals surface area contributed by atoms with Crippen molar-refractivity contribution in [3.8, 4) is 61.7 Å². The molecule has 60 heavy (non-hydrogen) atoms. The summed E-state index contributed by atoms with van der Waals surface area (Å²) in [5, 5.41) is 5.96. The lowest BCUT2D eigenvalue weighted by atomic mass is 9.93. The van der Waals surface area contributed by atoms with E-state index in [1.165, 1.54) is 42.4 Å². The largest absolute Gasteiger partial charge is 0.277 e. The average molecular weight is 782 g/mol. The summed E-state index contributed by atoms with van der Waals surface area (Å²) >= 11 is 1.86. The van der Waals surface area contributed by atoms with Crippen LogP contribution in [0.25, 0.3) is 115 Å². The zero-order valence-corrected chi connectivity index (χ0v) is 33.3. The molecule has 0 saturated heterocycles. The van der Waals surface area contributed by atoms with Crippen LogP contribution in [-0.2, 0) is 0 Å². The molecule has 0 unspecified atom stereocenters. The highest BCUT2D eigenvalue weighted by molar-refractivity contribution is 7.25. The molecule has 4 heteroatoms. The summed E-state index contributed by atoms with van der Waals surface area (Å²) in [4.78, 5) is 10.7. The van der Waals surface area contributed by atoms with Gasteiger partial charge < -0.3 is 0 Å². The Morgan fingerprint density at radius 2 is 0.900 bits per heavy atom. The Bertz CT molecular complexity index is 3600. The molecule has 0 bridgehead atoms. The van der Waals surface area contributed by atoms with Gasteiger partial charge in [-0.25, -0.2) is 9.97 Å². The van der Waals surface area contributed by atoms with Crippen molar-refractivity contribution in [1.82, 2.24) is 14.5 Å². The van der Waals surface area contributed by atoms with Crippen molar-refractivity contribution in [2.45, 2.75) is 0 Å². The minimum atomic E-state index is 0.645. The van der Waals surface area contributed by atoms with Gasteiger partial charge in [0.15, 0.2) is 0 Å². The molecule has 0 aliphatic carbocycles. The summed E-state index contributed by atoms with van der Waals surface area (Å²) in [7, 11) is 0. The normalized spacial score (nSPS) is 11.7. The number of thiophene rings is 1. The van der Waals surface area contributed by atoms with Gasteiger partial charge in [0, 0.05) is 47.5 Å². The molecule has 0 radical (unpaired) electrons. The van der Waals surface area contributed by atoms with Crippen LogP contribution in [0.5, 0.6) is 0 Å². The SMILES string of the molecule is c1ccc(-c2cc(-c3cccc(-c4cccc(-c5ccc6sc7ccccc7c6c5)c4)c3)c3c(c2)c2ccccc2n3-c2nc(-c3ccccc3)c3ccccc3n2)cc1. The van der Waals surface area contributed by atoms with E-state index < -0.39 is 0 Å². The molecule has 0 saturated carbocycles. The van der Waals surface area contributed by atoms with Gasteiger partial charge in [0.2, 0.25) is 5.95 Å². The third kappa shape index (κ3) is 5.72. The number of rotatable bonds is 6. The first-order valence-corrected chi connectivity index (χ1v) is 21.1. The Labute approximate surface area is 351 Å². The number of para-hydroxylation sites is 2. The predicted octanol–water partition coefficient (Wildman–Crippen LogP) is 15.4. The highest BCUT2D eigenvalue weighted by Gasteiger charge is 2.22. The Morgan fingerprint density at radius 1 is 0.333 bits per heavy atom. The Kier molecular flexibility index (Phi) is 8.03. The third-order valence-corrected chi connectivity index (χ3v) is 12.9. The van der Waals surface area contributed by atoms with Gasteiger partial charge in [-0.3, -0.25) is 4.57 Å². The van der Waals surface area contributed by atoms with Crippen molar-refractivity contribution in [3.05, 3.63) is 212 Å². The summed E-state index contributed by atoms with van der Waals surface area (Å²) < 4.78 is 4.92. The van der Waals surface area contributed by atoms with E-state index in [9.17, 15) is 0 Å². The number of fused-ring (bicyclic) bond motifs is 7. The molecular formula is C56H35N3S. The minimum absolute atomic E-state index is 0.645. The highest BCUT2D eigenvalue weighted by Crippen LogP contribution is 2.43. The van der Waals surface area contributed by atoms with E-state index in [1.807, 2.05) is 17.4 Å². The van der Waals surface area contributed by atoms with Crippen LogP contribution < -0.4 is 0 Å². The van der Waals surface area contributed by atoms with E-state index in [0.29, 0.717) is 5.95 Å². The Morgan fingerprint density at radius 3 is 1.68 bits per heavy atom. The molecule has 3 aromatic heterocycles. The van der Waals surface area contributed by atoms with E-state index >= 15 is 0 Å². The average Bonchev–Trinajstić information content (AvgIpc) is 3.87. The number of benzene rings is 9. The lowest BCUT2D eigenvalue weighted by Gasteiger charge is -2.15. The maximum absolute atomic E-state index is 5.42. The van der Waals surface area contributed by atoms with Crippen molar-refractivity contribution in [1.29, 1.82) is 0 Å². The zero-order valence-electron chi connectivity index (χ0n) is 32.5. The summed E-state index contributed by atoms with van der Waals surface area (Å²) in [6, 6.07) is 76.4. The van der Waals surface area contributed by atoms with Gasteiger partial charge in [-0.1, -0.05) is 158 Å². The minimum Gasteiger partial charge on any atom is -0.277 e. The first kappa shape index (κ1) is 34.4. The molecule has 0 fully saturated rings. The molecule has 3 heterocycles. The molecule has 0 spiro atoms. The lowest BCUT2D eigenvalue weighted by Crippen LogP contribution is -2.04. The quantitative estimate of drug-likeness (QED) is 0.168. The molecule has 0 amide bonds. The fraction of sp³-hybridized carbons (Fsp3) is 0. The van der Waals surface area contributed by atoms with Crippen LogP contribution in [0.1, 0.15) is 0 Å². The maximum atomic E-state index is 5.42. The van der Waals surface area contributed by atoms with Gasteiger partial charge >= 0.3 is 0 Å². The highest BCUT2D eigenvalue weighted by atomic mass is 32.1. The maximum Gasteiger partial charge on any atom is 0.235 e. The van der Waals surface area contributed by atoms with E-state index in [2.05, 4.69) is 211 Å². The summed E-state index contributed by atoms with van der Waals surface area (Å²) in [5.74, 6) is 0.645. The second kappa shape index (κ2) is 14.0. The molecule has 12 aromatic rings. The van der Waals surface area contributed by atoms with Crippen LogP contribution in [0.15, 0.2) is 212 Å². The van der Waals surface area contributed by atoms with Crippen LogP contribution in [-0.4, -0.2) is 14.5 Å². The van der Waals surface area contributed by atoms with Gasteiger partial charge in [0.05, 0.1) is 22.2 Å². The van der Waals surface area contributed by atoms with Crippen LogP contribution in [0.2, 0.25) is 0 Å². The third-order valence-electron chi connectivity index (χ3n) is 11.8. The molecule has 3 nitrogen and oxygen atoms in total. The molecule has 12 rings (SSSR count). The van der Waals surface area contributed by atoms with Crippen LogP contribution in [0.3, 0.4) is 0 Å². The number of aromatic nitrogens is 3. The van der Waals surface area contributed by atoms with Crippen molar-refractivity contribution in [2.75, 3.05) is 0 Å². The molecule has 0 atom stereocenters. The van der Waals surface area contributed by atoms with Gasteiger partial charge in [0.1, 0.15) is 0 Å². The van der Waals surface area contributed by atoms with Gasteiger partial charge in [-0.2, -0.15) is 0 Å². The van der Waals surface area contributed by atoms with E-state index in [-0.39, 0.29) is 0 Å². The fourth-order valence-corrected chi connectivity index (χ4v) is 10.0. The summed E-state index contributed by atoms with van der Waals surface area (Å²) in [5.41, 5.74) is 14.3. The summed E-state index contributed by atoms with van der Waals surface area (Å²) in [6.07, 6.45) is 0. The van der Waals surface area contributed by atoms with Crippen molar-refractivity contribution in [3.63, 3.8) is 0 Å². The first-order chi connectivity index (χ1) is 29.7. The standard InChI is InChI=1S/C56H35N3S/c1-3-15-36(16-4-1)43-34-47(42-22-14-21-40(32-42)38-19-13-20-39(31-38)41-29-30-53-48(33-41)45-24-9-12-28-52(45)60-53)55-49(35-43)44-23-8-11-27-51(44)59(55)56-57-50-26-10-7-25-46(50)54(58-56)37-17-5-2-6-18-37/h1-35H. The topological polar surface area (TPSA) is 30.7 Å². The van der Waals surface area contributed by atoms with Gasteiger partial charge in [0.25, 0.3) is 0 Å². The molecule has 280 valence electrons. The number of nitrogens with zero attached hydrogens (tertiary/aromatic N) is 3. The van der Waals surface area contributed by atoms with Crippen molar-refractivity contribution < 1.29 is 0 Å². The van der Waals surface area contributed by atoms with Crippen LogP contribution in [0, 0.1) is 0 Å². The first-order valence-electron chi connectivity index (χ1n) is 20.3. The molecule has 9 aromatic carbocycles. The smallest absolute Gasteiger partial charge is 0.235 e. The number of hydrogen-bond donors (Lipinski definition) is 0. The van der Waals surface area contributed by atoms with Gasteiger partial charge in [-0.05, 0) is 93.5 Å². The Balaban J connectivity index is 1.08. The predicted molar refractivity (Wildman–Crippen MR) is 254 cm³/mol. The molecular weight excluding hydrogens is 747 g/mol. The molecule has 0 N–H and O–H groups in total. The summed E-state index contributed by atoms with van der Waals surface area (Å²) in [6.45, 7) is 0. The molecule has 0 aliphatic rings. The van der Waals surface area contributed by atoms with E-state index in [1.54, 1.807) is 0 Å². The monoisotopic (exact) mass is 781 g/mol. The van der Waals surface area contributed by atoms with E-state index in [4.69, 9.17) is 9.97 Å². The van der Waals surface area contributed by atoms with Crippen LogP contribution in [0.4, 0.5) is 0 Å². The lowest BCUT2D eigenvalue weighted by molar-refractivity contribution is 1.01. The zero-order chi connectivity index (χ0) is 39.6. The van der Waals surface area contributed by atoms with Crippen LogP contribution >= 0.6 is 11.3 Å².